The van der Waals surface area contributed by atoms with Gasteiger partial charge in [-0.2, -0.15) is 0 Å². The summed E-state index contributed by atoms with van der Waals surface area (Å²) in [7, 11) is 0. The van der Waals surface area contributed by atoms with Crippen LogP contribution in [0.3, 0.4) is 0 Å². The third-order valence-electron chi connectivity index (χ3n) is 4.65. The Hall–Kier alpha value is -0.0800. The van der Waals surface area contributed by atoms with Crippen molar-refractivity contribution in [1.82, 2.24) is 0 Å². The van der Waals surface area contributed by atoms with E-state index in [-0.39, 0.29) is 11.9 Å². The number of hydrogen-bond donors (Lipinski definition) is 0. The topological polar surface area (TPSA) is 18.5 Å². The SMILES string of the molecule is CCCCCC1CCC2(CCCCC)COC1O2. The predicted molar refractivity (Wildman–Crippen MR) is 74.6 cm³/mol. The molecule has 0 aromatic carbocycles. The van der Waals surface area contributed by atoms with Crippen molar-refractivity contribution in [3.8, 4) is 0 Å². The molecule has 3 unspecified atom stereocenters. The Morgan fingerprint density at radius 1 is 1.06 bits per heavy atom. The van der Waals surface area contributed by atoms with Crippen molar-refractivity contribution in [2.75, 3.05) is 6.61 Å². The minimum absolute atomic E-state index is 0.0983. The van der Waals surface area contributed by atoms with E-state index >= 15 is 0 Å². The van der Waals surface area contributed by atoms with Crippen molar-refractivity contribution in [2.24, 2.45) is 5.92 Å². The smallest absolute Gasteiger partial charge is 0.161 e. The fourth-order valence-corrected chi connectivity index (χ4v) is 3.39. The summed E-state index contributed by atoms with van der Waals surface area (Å²) in [5.41, 5.74) is 0.0983. The van der Waals surface area contributed by atoms with Crippen molar-refractivity contribution in [3.63, 3.8) is 0 Å². The van der Waals surface area contributed by atoms with Crippen molar-refractivity contribution >= 4 is 0 Å². The summed E-state index contributed by atoms with van der Waals surface area (Å²) in [4.78, 5) is 0. The van der Waals surface area contributed by atoms with Gasteiger partial charge < -0.3 is 9.47 Å². The van der Waals surface area contributed by atoms with Gasteiger partial charge in [-0.25, -0.2) is 0 Å². The summed E-state index contributed by atoms with van der Waals surface area (Å²) >= 11 is 0. The predicted octanol–water partition coefficient (Wildman–Crippen LogP) is 4.67. The molecular weight excluding hydrogens is 224 g/mol. The second kappa shape index (κ2) is 6.91. The van der Waals surface area contributed by atoms with Gasteiger partial charge in [0.25, 0.3) is 0 Å². The maximum atomic E-state index is 6.25. The Labute approximate surface area is 112 Å². The van der Waals surface area contributed by atoms with Gasteiger partial charge >= 0.3 is 0 Å². The van der Waals surface area contributed by atoms with E-state index in [9.17, 15) is 0 Å². The van der Waals surface area contributed by atoms with E-state index in [1.54, 1.807) is 0 Å². The molecule has 0 radical (unpaired) electrons. The minimum Gasteiger partial charge on any atom is -0.349 e. The lowest BCUT2D eigenvalue weighted by molar-refractivity contribution is -0.156. The van der Waals surface area contributed by atoms with Crippen LogP contribution in [0, 0.1) is 5.92 Å². The quantitative estimate of drug-likeness (QED) is 0.586. The Bertz CT molecular complexity index is 241. The fourth-order valence-electron chi connectivity index (χ4n) is 3.39. The van der Waals surface area contributed by atoms with Gasteiger partial charge in [0.15, 0.2) is 6.29 Å². The molecule has 18 heavy (non-hydrogen) atoms. The second-order valence-corrected chi connectivity index (χ2v) is 6.23. The van der Waals surface area contributed by atoms with Crippen molar-refractivity contribution in [3.05, 3.63) is 0 Å². The average molecular weight is 254 g/mol. The lowest BCUT2D eigenvalue weighted by Gasteiger charge is -2.35. The van der Waals surface area contributed by atoms with Crippen molar-refractivity contribution in [1.29, 1.82) is 0 Å². The molecule has 0 aromatic heterocycles. The molecule has 2 fully saturated rings. The zero-order valence-electron chi connectivity index (χ0n) is 12.2. The molecule has 2 heteroatoms. The van der Waals surface area contributed by atoms with Crippen LogP contribution in [0.1, 0.15) is 78.1 Å². The Balaban J connectivity index is 1.75. The van der Waals surface area contributed by atoms with Gasteiger partial charge in [-0.1, -0.05) is 52.4 Å². The van der Waals surface area contributed by atoms with Crippen LogP contribution < -0.4 is 0 Å². The maximum Gasteiger partial charge on any atom is 0.161 e. The molecule has 0 amide bonds. The third-order valence-corrected chi connectivity index (χ3v) is 4.65. The van der Waals surface area contributed by atoms with Crippen molar-refractivity contribution < 1.29 is 9.47 Å². The summed E-state index contributed by atoms with van der Waals surface area (Å²) in [6, 6.07) is 0. The van der Waals surface area contributed by atoms with Crippen LogP contribution in [0.4, 0.5) is 0 Å². The van der Waals surface area contributed by atoms with Gasteiger partial charge in [-0.3, -0.25) is 0 Å². The summed E-state index contributed by atoms with van der Waals surface area (Å²) < 4.78 is 12.2. The number of rotatable bonds is 8. The third kappa shape index (κ3) is 3.48. The number of fused-ring (bicyclic) bond motifs is 2. The van der Waals surface area contributed by atoms with Gasteiger partial charge in [0.2, 0.25) is 0 Å². The Morgan fingerprint density at radius 2 is 1.83 bits per heavy atom. The fraction of sp³-hybridized carbons (Fsp3) is 1.00. The van der Waals surface area contributed by atoms with E-state index < -0.39 is 0 Å². The largest absolute Gasteiger partial charge is 0.349 e. The standard InChI is InChI=1S/C16H30O2/c1-3-5-7-9-14-10-12-16(11-8-6-4-2)13-17-15(14)18-16/h14-15H,3-13H2,1-2H3. The highest BCUT2D eigenvalue weighted by Gasteiger charge is 2.47. The molecule has 2 rings (SSSR count). The maximum absolute atomic E-state index is 6.25. The molecule has 0 aliphatic carbocycles. The van der Waals surface area contributed by atoms with E-state index in [1.807, 2.05) is 0 Å². The van der Waals surface area contributed by atoms with Gasteiger partial charge in [0.1, 0.15) is 0 Å². The van der Waals surface area contributed by atoms with Crippen LogP contribution in [0.2, 0.25) is 0 Å². The molecule has 0 aromatic rings. The minimum atomic E-state index is 0.0983. The highest BCUT2D eigenvalue weighted by molar-refractivity contribution is 4.92. The monoisotopic (exact) mass is 254 g/mol. The van der Waals surface area contributed by atoms with Crippen LogP contribution in [0.5, 0.6) is 0 Å². The molecule has 0 N–H and O–H groups in total. The van der Waals surface area contributed by atoms with E-state index in [0.717, 1.165) is 6.61 Å². The highest BCUT2D eigenvalue weighted by Crippen LogP contribution is 2.43. The molecule has 2 aliphatic heterocycles. The highest BCUT2D eigenvalue weighted by atomic mass is 16.7. The van der Waals surface area contributed by atoms with Gasteiger partial charge in [-0.15, -0.1) is 0 Å². The summed E-state index contributed by atoms with van der Waals surface area (Å²) in [6.45, 7) is 5.38. The molecule has 2 aliphatic rings. The zero-order valence-corrected chi connectivity index (χ0v) is 12.2. The summed E-state index contributed by atoms with van der Waals surface area (Å²) in [5.74, 6) is 0.665. The normalized spacial score (nSPS) is 35.0. The van der Waals surface area contributed by atoms with E-state index in [4.69, 9.17) is 9.47 Å². The van der Waals surface area contributed by atoms with Gasteiger partial charge in [0.05, 0.1) is 12.2 Å². The number of hydrogen-bond acceptors (Lipinski definition) is 2. The zero-order chi connectivity index (χ0) is 12.8. The molecule has 2 nitrogen and oxygen atoms in total. The Kier molecular flexibility index (Phi) is 5.50. The van der Waals surface area contributed by atoms with E-state index in [1.165, 1.54) is 64.2 Å². The van der Waals surface area contributed by atoms with Crippen LogP contribution in [-0.4, -0.2) is 18.5 Å². The van der Waals surface area contributed by atoms with Crippen LogP contribution in [0.15, 0.2) is 0 Å². The first-order chi connectivity index (χ1) is 8.79. The summed E-state index contributed by atoms with van der Waals surface area (Å²) in [6.07, 6.45) is 13.1. The first-order valence-electron chi connectivity index (χ1n) is 8.09. The lowest BCUT2D eigenvalue weighted by Crippen LogP contribution is -2.38. The summed E-state index contributed by atoms with van der Waals surface area (Å²) in [5, 5.41) is 0. The van der Waals surface area contributed by atoms with Crippen LogP contribution >= 0.6 is 0 Å². The van der Waals surface area contributed by atoms with Gasteiger partial charge in [0, 0.05) is 5.92 Å². The molecular formula is C16H30O2. The molecule has 0 saturated carbocycles. The molecule has 2 heterocycles. The second-order valence-electron chi connectivity index (χ2n) is 6.23. The van der Waals surface area contributed by atoms with E-state index in [0.29, 0.717) is 5.92 Å². The average Bonchev–Trinajstić information content (AvgIpc) is 2.72. The molecule has 3 atom stereocenters. The Morgan fingerprint density at radius 3 is 2.61 bits per heavy atom. The van der Waals surface area contributed by atoms with Crippen molar-refractivity contribution in [2.45, 2.75) is 89.9 Å². The number of ether oxygens (including phenoxy) is 2. The van der Waals surface area contributed by atoms with Crippen LogP contribution in [0.25, 0.3) is 0 Å². The first-order valence-corrected chi connectivity index (χ1v) is 8.09. The first kappa shape index (κ1) is 14.3. The van der Waals surface area contributed by atoms with Crippen LogP contribution in [-0.2, 0) is 9.47 Å². The van der Waals surface area contributed by atoms with E-state index in [2.05, 4.69) is 13.8 Å². The lowest BCUT2D eigenvalue weighted by atomic mass is 9.84. The molecule has 2 saturated heterocycles. The molecule has 2 bridgehead atoms. The number of unbranched alkanes of at least 4 members (excludes halogenated alkanes) is 4. The molecule has 106 valence electrons. The van der Waals surface area contributed by atoms with Gasteiger partial charge in [-0.05, 0) is 25.7 Å². The molecule has 0 spiro atoms.